The second-order valence-electron chi connectivity index (χ2n) is 10.3. The summed E-state index contributed by atoms with van der Waals surface area (Å²) in [7, 11) is 3.96. The zero-order chi connectivity index (χ0) is 25.6. The number of carbonyl (C=O) groups is 1. The minimum Gasteiger partial charge on any atom is -0.338 e. The Morgan fingerprint density at radius 3 is 2.58 bits per heavy atom. The summed E-state index contributed by atoms with van der Waals surface area (Å²) in [6.45, 7) is 9.51. The quantitative estimate of drug-likeness (QED) is 0.423. The minimum absolute atomic E-state index is 0.000158. The van der Waals surface area contributed by atoms with E-state index >= 15 is 0 Å². The van der Waals surface area contributed by atoms with Gasteiger partial charge < -0.3 is 4.90 Å². The number of likely N-dealkylation sites (tertiary alicyclic amines) is 1. The molecule has 1 aliphatic heterocycles. The van der Waals surface area contributed by atoms with Crippen molar-refractivity contribution in [1.29, 1.82) is 0 Å². The number of fused-ring (bicyclic) bond motifs is 1. The monoisotopic (exact) mass is 485 g/mol. The topological polar surface area (TPSA) is 82.4 Å². The number of rotatable bonds is 6. The summed E-state index contributed by atoms with van der Waals surface area (Å²) in [5.74, 6) is 0.470. The van der Waals surface area contributed by atoms with Crippen LogP contribution < -0.4 is 0 Å². The van der Waals surface area contributed by atoms with Crippen molar-refractivity contribution in [3.63, 3.8) is 0 Å². The maximum atomic E-state index is 13.1. The van der Waals surface area contributed by atoms with Crippen molar-refractivity contribution >= 4 is 11.6 Å². The number of amides is 1. The summed E-state index contributed by atoms with van der Waals surface area (Å²) in [5, 5.41) is 12.4. The van der Waals surface area contributed by atoms with E-state index in [0.717, 1.165) is 58.7 Å². The average molecular weight is 486 g/mol. The maximum absolute atomic E-state index is 13.1. The molecule has 1 aliphatic rings. The molecule has 8 nitrogen and oxygen atoms in total. The van der Waals surface area contributed by atoms with Crippen molar-refractivity contribution in [2.45, 2.75) is 58.5 Å². The highest BCUT2D eigenvalue weighted by molar-refractivity contribution is 5.82. The van der Waals surface area contributed by atoms with E-state index in [0.29, 0.717) is 0 Å². The van der Waals surface area contributed by atoms with Gasteiger partial charge in [0.25, 0.3) is 0 Å². The number of H-pyrrole nitrogens is 1. The van der Waals surface area contributed by atoms with Crippen LogP contribution in [0.1, 0.15) is 62.3 Å². The fraction of sp³-hybridized carbons (Fsp3) is 0.429. The lowest BCUT2D eigenvalue weighted by atomic mass is 9.93. The Bertz CT molecular complexity index is 1380. The second kappa shape index (κ2) is 9.50. The first-order valence-corrected chi connectivity index (χ1v) is 12.7. The normalized spacial score (nSPS) is 17.2. The van der Waals surface area contributed by atoms with Gasteiger partial charge in [0.15, 0.2) is 5.65 Å². The molecule has 0 spiro atoms. The number of benzene rings is 1. The number of nitrogens with zero attached hydrogens (tertiary/aromatic N) is 6. The summed E-state index contributed by atoms with van der Waals surface area (Å²) in [6.07, 6.45) is 5.58. The van der Waals surface area contributed by atoms with Gasteiger partial charge in [-0.25, -0.2) is 9.50 Å². The van der Waals surface area contributed by atoms with Crippen LogP contribution in [0.4, 0.5) is 0 Å². The van der Waals surface area contributed by atoms with E-state index in [1.54, 1.807) is 10.8 Å². The Morgan fingerprint density at radius 2 is 1.92 bits per heavy atom. The van der Waals surface area contributed by atoms with Crippen molar-refractivity contribution in [3.05, 3.63) is 59.5 Å². The van der Waals surface area contributed by atoms with Gasteiger partial charge in [0.1, 0.15) is 6.33 Å². The highest BCUT2D eigenvalue weighted by atomic mass is 16.2. The SMILES string of the molecule is Cc1cc(-c2n[nH]c(-c3ccc([C@H](C)N(C)C(=O)[C@H]4CCCN4C)cc3)c2C(C)C)cn2ncnc12. The van der Waals surface area contributed by atoms with Crippen molar-refractivity contribution < 1.29 is 4.79 Å². The van der Waals surface area contributed by atoms with Crippen LogP contribution in [0.5, 0.6) is 0 Å². The van der Waals surface area contributed by atoms with E-state index in [4.69, 9.17) is 5.10 Å². The van der Waals surface area contributed by atoms with Gasteiger partial charge in [-0.3, -0.25) is 14.8 Å². The van der Waals surface area contributed by atoms with Crippen LogP contribution in [0.2, 0.25) is 0 Å². The van der Waals surface area contributed by atoms with E-state index in [-0.39, 0.29) is 23.9 Å². The van der Waals surface area contributed by atoms with Gasteiger partial charge in [0, 0.05) is 24.4 Å². The number of aromatic nitrogens is 5. The molecule has 36 heavy (non-hydrogen) atoms. The number of aromatic amines is 1. The van der Waals surface area contributed by atoms with E-state index in [1.165, 1.54) is 5.56 Å². The summed E-state index contributed by atoms with van der Waals surface area (Å²) in [5.41, 5.74) is 8.25. The third-order valence-corrected chi connectivity index (χ3v) is 7.63. The number of pyridine rings is 1. The highest BCUT2D eigenvalue weighted by Gasteiger charge is 2.32. The fourth-order valence-corrected chi connectivity index (χ4v) is 5.38. The molecule has 0 saturated carbocycles. The first-order chi connectivity index (χ1) is 17.3. The lowest BCUT2D eigenvalue weighted by molar-refractivity contribution is -0.136. The van der Waals surface area contributed by atoms with Gasteiger partial charge in [0.05, 0.1) is 23.5 Å². The number of nitrogens with one attached hydrogen (secondary N) is 1. The fourth-order valence-electron chi connectivity index (χ4n) is 5.38. The highest BCUT2D eigenvalue weighted by Crippen LogP contribution is 2.36. The maximum Gasteiger partial charge on any atom is 0.240 e. The summed E-state index contributed by atoms with van der Waals surface area (Å²) < 4.78 is 1.81. The van der Waals surface area contributed by atoms with E-state index in [2.05, 4.69) is 71.2 Å². The molecule has 0 bridgehead atoms. The smallest absolute Gasteiger partial charge is 0.240 e. The molecule has 1 N–H and O–H groups in total. The van der Waals surface area contributed by atoms with Crippen molar-refractivity contribution in [2.24, 2.45) is 0 Å². The summed E-state index contributed by atoms with van der Waals surface area (Å²) in [4.78, 5) is 21.5. The Balaban J connectivity index is 1.43. The zero-order valence-corrected chi connectivity index (χ0v) is 22.0. The van der Waals surface area contributed by atoms with Crippen LogP contribution in [-0.4, -0.2) is 67.2 Å². The molecule has 0 radical (unpaired) electrons. The number of carbonyl (C=O) groups excluding carboxylic acids is 1. The average Bonchev–Trinajstić information content (AvgIpc) is 3.62. The molecular weight excluding hydrogens is 450 g/mol. The lowest BCUT2D eigenvalue weighted by Gasteiger charge is -2.30. The Labute approximate surface area is 212 Å². The standard InChI is InChI=1S/C28H35N7O/c1-17(2)24-25(31-32-26(24)22-14-18(3)27-29-16-30-35(27)15-22)21-11-9-20(10-12-21)19(4)34(6)28(36)23-8-7-13-33(23)5/h9-12,14-17,19,23H,7-8,13H2,1-6H3,(H,31,32)/t19-,23+/m0/s1. The van der Waals surface area contributed by atoms with Gasteiger partial charge in [0.2, 0.25) is 5.91 Å². The molecule has 8 heteroatoms. The predicted octanol–water partition coefficient (Wildman–Crippen LogP) is 4.83. The third-order valence-electron chi connectivity index (χ3n) is 7.63. The molecular formula is C28H35N7O. The molecule has 2 atom stereocenters. The largest absolute Gasteiger partial charge is 0.338 e. The van der Waals surface area contributed by atoms with Crippen LogP contribution in [-0.2, 0) is 4.79 Å². The molecule has 4 heterocycles. The molecule has 1 aromatic carbocycles. The van der Waals surface area contributed by atoms with Crippen molar-refractivity contribution in [2.75, 3.05) is 20.6 Å². The Hall–Kier alpha value is -3.52. The van der Waals surface area contributed by atoms with Gasteiger partial charge in [-0.15, -0.1) is 0 Å². The molecule has 1 saturated heterocycles. The second-order valence-corrected chi connectivity index (χ2v) is 10.3. The van der Waals surface area contributed by atoms with Crippen molar-refractivity contribution in [1.82, 2.24) is 34.6 Å². The molecule has 1 amide bonds. The van der Waals surface area contributed by atoms with E-state index in [1.807, 2.05) is 32.1 Å². The van der Waals surface area contributed by atoms with Gasteiger partial charge in [-0.2, -0.15) is 10.2 Å². The van der Waals surface area contributed by atoms with E-state index in [9.17, 15) is 4.79 Å². The van der Waals surface area contributed by atoms with Crippen LogP contribution in [0.3, 0.4) is 0 Å². The molecule has 4 aromatic rings. The number of hydrogen-bond donors (Lipinski definition) is 1. The van der Waals surface area contributed by atoms with Crippen LogP contribution >= 0.6 is 0 Å². The Morgan fingerprint density at radius 1 is 1.17 bits per heavy atom. The molecule has 0 unspecified atom stereocenters. The third kappa shape index (κ3) is 4.19. The first kappa shape index (κ1) is 24.2. The minimum atomic E-state index is -0.00545. The Kier molecular flexibility index (Phi) is 6.38. The number of likely N-dealkylation sites (N-methyl/N-ethyl adjacent to an activating group) is 2. The number of aryl methyl sites for hydroxylation is 1. The van der Waals surface area contributed by atoms with E-state index < -0.39 is 0 Å². The van der Waals surface area contributed by atoms with Crippen LogP contribution in [0.25, 0.3) is 28.2 Å². The lowest BCUT2D eigenvalue weighted by Crippen LogP contribution is -2.43. The predicted molar refractivity (Wildman–Crippen MR) is 142 cm³/mol. The van der Waals surface area contributed by atoms with Crippen molar-refractivity contribution in [3.8, 4) is 22.5 Å². The molecule has 1 fully saturated rings. The number of hydrogen-bond acceptors (Lipinski definition) is 5. The van der Waals surface area contributed by atoms with Crippen LogP contribution in [0, 0.1) is 6.92 Å². The van der Waals surface area contributed by atoms with Gasteiger partial charge in [-0.05, 0) is 69.0 Å². The van der Waals surface area contributed by atoms with Crippen LogP contribution in [0.15, 0.2) is 42.9 Å². The summed E-state index contributed by atoms with van der Waals surface area (Å²) in [6, 6.07) is 10.6. The summed E-state index contributed by atoms with van der Waals surface area (Å²) >= 11 is 0. The van der Waals surface area contributed by atoms with Gasteiger partial charge in [-0.1, -0.05) is 38.1 Å². The molecule has 5 rings (SSSR count). The molecule has 3 aromatic heterocycles. The molecule has 0 aliphatic carbocycles. The zero-order valence-electron chi connectivity index (χ0n) is 22.0. The first-order valence-electron chi connectivity index (χ1n) is 12.7. The van der Waals surface area contributed by atoms with Gasteiger partial charge >= 0.3 is 0 Å². The molecule has 188 valence electrons.